The molecule has 1 aromatic carbocycles. The van der Waals surface area contributed by atoms with Gasteiger partial charge in [0.05, 0.1) is 4.47 Å². The number of ether oxygens (including phenoxy) is 2. The highest BCUT2D eigenvalue weighted by Crippen LogP contribution is 2.45. The molecule has 2 N–H and O–H groups in total. The SMILES string of the molecule is CC(C)c1c(CCN)cc2c(c1Br)OCO2. The maximum Gasteiger partial charge on any atom is 0.231 e. The van der Waals surface area contributed by atoms with Crippen molar-refractivity contribution in [2.75, 3.05) is 13.3 Å². The van der Waals surface area contributed by atoms with Crippen LogP contribution in [-0.4, -0.2) is 13.3 Å². The van der Waals surface area contributed by atoms with Crippen LogP contribution < -0.4 is 15.2 Å². The van der Waals surface area contributed by atoms with Crippen molar-refractivity contribution in [2.24, 2.45) is 5.73 Å². The lowest BCUT2D eigenvalue weighted by Gasteiger charge is -2.16. The standard InChI is InChI=1S/C12H16BrNO2/c1-7(2)10-8(3-4-14)5-9-12(11(10)13)16-6-15-9/h5,7H,3-4,6,14H2,1-2H3. The van der Waals surface area contributed by atoms with Crippen molar-refractivity contribution in [1.82, 2.24) is 0 Å². The predicted molar refractivity (Wildman–Crippen MR) is 67.1 cm³/mol. The molecular weight excluding hydrogens is 270 g/mol. The van der Waals surface area contributed by atoms with E-state index >= 15 is 0 Å². The second-order valence-corrected chi connectivity index (χ2v) is 4.98. The van der Waals surface area contributed by atoms with E-state index in [0.717, 1.165) is 22.4 Å². The van der Waals surface area contributed by atoms with Crippen molar-refractivity contribution in [1.29, 1.82) is 0 Å². The van der Waals surface area contributed by atoms with E-state index in [1.54, 1.807) is 0 Å². The molecular formula is C12H16BrNO2. The lowest BCUT2D eigenvalue weighted by Crippen LogP contribution is -2.07. The number of fused-ring (bicyclic) bond motifs is 1. The minimum absolute atomic E-state index is 0.303. The first-order valence-corrected chi connectivity index (χ1v) is 6.25. The number of rotatable bonds is 3. The molecule has 0 bridgehead atoms. The zero-order valence-corrected chi connectivity index (χ0v) is 11.1. The van der Waals surface area contributed by atoms with E-state index in [-0.39, 0.29) is 0 Å². The van der Waals surface area contributed by atoms with Gasteiger partial charge >= 0.3 is 0 Å². The van der Waals surface area contributed by atoms with E-state index in [9.17, 15) is 0 Å². The molecule has 1 heterocycles. The molecule has 0 spiro atoms. The summed E-state index contributed by atoms with van der Waals surface area (Å²) in [6, 6.07) is 2.05. The number of hydrogen-bond acceptors (Lipinski definition) is 3. The second kappa shape index (κ2) is 4.63. The Bertz CT molecular complexity index is 404. The number of benzene rings is 1. The van der Waals surface area contributed by atoms with Crippen LogP contribution in [0.2, 0.25) is 0 Å². The van der Waals surface area contributed by atoms with Crippen LogP contribution >= 0.6 is 15.9 Å². The van der Waals surface area contributed by atoms with Gasteiger partial charge in [-0.15, -0.1) is 0 Å². The molecule has 1 aliphatic heterocycles. The molecule has 0 saturated carbocycles. The molecule has 0 atom stereocenters. The molecule has 88 valence electrons. The Kier molecular flexibility index (Phi) is 3.40. The molecule has 16 heavy (non-hydrogen) atoms. The number of halogens is 1. The minimum Gasteiger partial charge on any atom is -0.454 e. The summed E-state index contributed by atoms with van der Waals surface area (Å²) in [5.74, 6) is 2.08. The summed E-state index contributed by atoms with van der Waals surface area (Å²) >= 11 is 3.61. The number of nitrogens with two attached hydrogens (primary N) is 1. The summed E-state index contributed by atoms with van der Waals surface area (Å²) < 4.78 is 11.9. The summed E-state index contributed by atoms with van der Waals surface area (Å²) in [5.41, 5.74) is 8.15. The second-order valence-electron chi connectivity index (χ2n) is 4.19. The van der Waals surface area contributed by atoms with Gasteiger partial charge in [-0.3, -0.25) is 0 Å². The first kappa shape index (κ1) is 11.7. The molecule has 0 amide bonds. The van der Waals surface area contributed by atoms with Crippen molar-refractivity contribution < 1.29 is 9.47 Å². The zero-order valence-electron chi connectivity index (χ0n) is 9.55. The quantitative estimate of drug-likeness (QED) is 0.929. The first-order valence-electron chi connectivity index (χ1n) is 5.46. The van der Waals surface area contributed by atoms with E-state index in [0.29, 0.717) is 19.3 Å². The Morgan fingerprint density at radius 1 is 1.44 bits per heavy atom. The van der Waals surface area contributed by atoms with Crippen molar-refractivity contribution in [3.63, 3.8) is 0 Å². The van der Waals surface area contributed by atoms with Gasteiger partial charge in [0, 0.05) is 0 Å². The van der Waals surface area contributed by atoms with E-state index in [4.69, 9.17) is 15.2 Å². The highest BCUT2D eigenvalue weighted by molar-refractivity contribution is 9.10. The number of hydrogen-bond donors (Lipinski definition) is 1. The Morgan fingerprint density at radius 3 is 2.81 bits per heavy atom. The van der Waals surface area contributed by atoms with E-state index in [1.165, 1.54) is 11.1 Å². The van der Waals surface area contributed by atoms with Crippen LogP contribution in [0, 0.1) is 0 Å². The van der Waals surface area contributed by atoms with Crippen molar-refractivity contribution in [3.8, 4) is 11.5 Å². The van der Waals surface area contributed by atoms with Gasteiger partial charge in [-0.05, 0) is 52.0 Å². The fraction of sp³-hybridized carbons (Fsp3) is 0.500. The average Bonchev–Trinajstić information content (AvgIpc) is 2.65. The molecule has 0 saturated heterocycles. The Morgan fingerprint density at radius 2 is 2.19 bits per heavy atom. The van der Waals surface area contributed by atoms with Gasteiger partial charge in [-0.1, -0.05) is 13.8 Å². The molecule has 0 unspecified atom stereocenters. The molecule has 2 rings (SSSR count). The van der Waals surface area contributed by atoms with Gasteiger partial charge in [-0.2, -0.15) is 0 Å². The lowest BCUT2D eigenvalue weighted by molar-refractivity contribution is 0.173. The first-order chi connectivity index (χ1) is 7.65. The van der Waals surface area contributed by atoms with Gasteiger partial charge in [0.15, 0.2) is 11.5 Å². The molecule has 0 fully saturated rings. The Hall–Kier alpha value is -0.740. The molecule has 0 aromatic heterocycles. The fourth-order valence-corrected chi connectivity index (χ4v) is 3.08. The largest absolute Gasteiger partial charge is 0.454 e. The van der Waals surface area contributed by atoms with E-state index in [1.807, 2.05) is 0 Å². The molecule has 0 aliphatic carbocycles. The van der Waals surface area contributed by atoms with Crippen molar-refractivity contribution >= 4 is 15.9 Å². The third kappa shape index (κ3) is 1.92. The summed E-state index contributed by atoms with van der Waals surface area (Å²) in [6.45, 7) is 5.29. The maximum atomic E-state index is 5.64. The highest BCUT2D eigenvalue weighted by Gasteiger charge is 2.23. The monoisotopic (exact) mass is 285 g/mol. The van der Waals surface area contributed by atoms with Crippen LogP contribution in [0.4, 0.5) is 0 Å². The van der Waals surface area contributed by atoms with Gasteiger partial charge < -0.3 is 15.2 Å². The third-order valence-corrected chi connectivity index (χ3v) is 3.51. The summed E-state index contributed by atoms with van der Waals surface area (Å²) in [5, 5.41) is 0. The molecule has 0 radical (unpaired) electrons. The molecule has 1 aliphatic rings. The Labute approximate surface area is 104 Å². The van der Waals surface area contributed by atoms with Crippen LogP contribution in [0.1, 0.15) is 30.9 Å². The van der Waals surface area contributed by atoms with Gasteiger partial charge in [0.2, 0.25) is 6.79 Å². The summed E-state index contributed by atoms with van der Waals surface area (Å²) in [4.78, 5) is 0. The lowest BCUT2D eigenvalue weighted by atomic mass is 9.94. The maximum absolute atomic E-state index is 5.64. The fourth-order valence-electron chi connectivity index (χ4n) is 2.05. The van der Waals surface area contributed by atoms with Gasteiger partial charge in [0.25, 0.3) is 0 Å². The van der Waals surface area contributed by atoms with E-state index < -0.39 is 0 Å². The smallest absolute Gasteiger partial charge is 0.231 e. The zero-order chi connectivity index (χ0) is 11.7. The van der Waals surface area contributed by atoms with Crippen molar-refractivity contribution in [2.45, 2.75) is 26.2 Å². The van der Waals surface area contributed by atoms with Crippen LogP contribution in [0.5, 0.6) is 11.5 Å². The van der Waals surface area contributed by atoms with Gasteiger partial charge in [0.1, 0.15) is 0 Å². The summed E-state index contributed by atoms with van der Waals surface area (Å²) in [7, 11) is 0. The Balaban J connectivity index is 2.55. The molecule has 1 aromatic rings. The molecule has 4 heteroatoms. The van der Waals surface area contributed by atoms with Crippen LogP contribution in [0.25, 0.3) is 0 Å². The molecule has 3 nitrogen and oxygen atoms in total. The van der Waals surface area contributed by atoms with Crippen molar-refractivity contribution in [3.05, 3.63) is 21.7 Å². The van der Waals surface area contributed by atoms with Crippen LogP contribution in [0.3, 0.4) is 0 Å². The van der Waals surface area contributed by atoms with E-state index in [2.05, 4.69) is 35.8 Å². The van der Waals surface area contributed by atoms with Crippen LogP contribution in [-0.2, 0) is 6.42 Å². The third-order valence-electron chi connectivity index (χ3n) is 2.72. The predicted octanol–water partition coefficient (Wildman–Crippen LogP) is 2.80. The average molecular weight is 286 g/mol. The highest BCUT2D eigenvalue weighted by atomic mass is 79.9. The minimum atomic E-state index is 0.303. The summed E-state index contributed by atoms with van der Waals surface area (Å²) in [6.07, 6.45) is 0.864. The van der Waals surface area contributed by atoms with Gasteiger partial charge in [-0.25, -0.2) is 0 Å². The topological polar surface area (TPSA) is 44.5 Å². The normalized spacial score (nSPS) is 13.6. The van der Waals surface area contributed by atoms with Crippen LogP contribution in [0.15, 0.2) is 10.5 Å².